The van der Waals surface area contributed by atoms with Gasteiger partial charge in [-0.25, -0.2) is 0 Å². The number of ether oxygens (including phenoxy) is 1. The Balaban J connectivity index is 1.73. The Morgan fingerprint density at radius 1 is 1.24 bits per heavy atom. The number of aliphatic hydroxyl groups excluding tert-OH is 1. The Bertz CT molecular complexity index is 448. The first-order chi connectivity index (χ1) is 10.1. The van der Waals surface area contributed by atoms with Crippen molar-refractivity contribution in [2.45, 2.75) is 20.0 Å². The number of piperazine rings is 1. The molecule has 2 rings (SSSR count). The first-order valence-corrected chi connectivity index (χ1v) is 7.98. The van der Waals surface area contributed by atoms with Crippen LogP contribution in [0, 0.1) is 6.92 Å². The summed E-state index contributed by atoms with van der Waals surface area (Å²) in [6.45, 7) is 10.4. The lowest BCUT2D eigenvalue weighted by atomic mass is 10.2. The average Bonchev–Trinajstić information content (AvgIpc) is 2.47. The van der Waals surface area contributed by atoms with Gasteiger partial charge in [-0.1, -0.05) is 18.5 Å². The second kappa shape index (κ2) is 7.99. The highest BCUT2D eigenvalue weighted by Crippen LogP contribution is 2.21. The second-order valence-corrected chi connectivity index (χ2v) is 6.05. The summed E-state index contributed by atoms with van der Waals surface area (Å²) in [5, 5.41) is 10.8. The highest BCUT2D eigenvalue weighted by atomic mass is 35.5. The van der Waals surface area contributed by atoms with E-state index in [4.69, 9.17) is 16.3 Å². The van der Waals surface area contributed by atoms with Crippen molar-refractivity contribution in [2.75, 3.05) is 45.9 Å². The van der Waals surface area contributed by atoms with Crippen LogP contribution in [0.2, 0.25) is 5.02 Å². The van der Waals surface area contributed by atoms with E-state index < -0.39 is 6.10 Å². The Hall–Kier alpha value is -0.810. The van der Waals surface area contributed by atoms with Gasteiger partial charge in [-0.2, -0.15) is 0 Å². The number of aliphatic hydroxyl groups is 1. The van der Waals surface area contributed by atoms with E-state index in [1.165, 1.54) is 0 Å². The topological polar surface area (TPSA) is 35.9 Å². The van der Waals surface area contributed by atoms with E-state index in [0.717, 1.165) is 44.0 Å². The number of aryl methyl sites for hydroxylation is 1. The summed E-state index contributed by atoms with van der Waals surface area (Å²) in [6, 6.07) is 5.53. The van der Waals surface area contributed by atoms with Crippen LogP contribution in [-0.2, 0) is 0 Å². The zero-order valence-electron chi connectivity index (χ0n) is 12.9. The summed E-state index contributed by atoms with van der Waals surface area (Å²) in [6.07, 6.45) is -0.465. The van der Waals surface area contributed by atoms with Gasteiger partial charge in [0.15, 0.2) is 0 Å². The molecule has 1 heterocycles. The molecule has 1 N–H and O–H groups in total. The van der Waals surface area contributed by atoms with Gasteiger partial charge in [-0.3, -0.25) is 4.90 Å². The van der Waals surface area contributed by atoms with Crippen molar-refractivity contribution in [2.24, 2.45) is 0 Å². The number of nitrogens with zero attached hydrogens (tertiary/aromatic N) is 2. The van der Waals surface area contributed by atoms with Gasteiger partial charge >= 0.3 is 0 Å². The quantitative estimate of drug-likeness (QED) is 0.872. The smallest absolute Gasteiger partial charge is 0.122 e. The van der Waals surface area contributed by atoms with Crippen LogP contribution in [0.25, 0.3) is 0 Å². The van der Waals surface area contributed by atoms with E-state index in [1.54, 1.807) is 6.07 Å². The van der Waals surface area contributed by atoms with E-state index in [2.05, 4.69) is 16.7 Å². The number of benzene rings is 1. The fraction of sp³-hybridized carbons (Fsp3) is 0.625. The maximum Gasteiger partial charge on any atom is 0.122 e. The van der Waals surface area contributed by atoms with E-state index >= 15 is 0 Å². The molecule has 5 heteroatoms. The van der Waals surface area contributed by atoms with Gasteiger partial charge in [-0.15, -0.1) is 0 Å². The van der Waals surface area contributed by atoms with Crippen molar-refractivity contribution in [3.63, 3.8) is 0 Å². The van der Waals surface area contributed by atoms with E-state index in [0.29, 0.717) is 18.2 Å². The van der Waals surface area contributed by atoms with Gasteiger partial charge in [0.1, 0.15) is 18.5 Å². The van der Waals surface area contributed by atoms with Gasteiger partial charge in [0, 0.05) is 37.7 Å². The van der Waals surface area contributed by atoms with Gasteiger partial charge in [0.2, 0.25) is 0 Å². The van der Waals surface area contributed by atoms with E-state index in [1.807, 2.05) is 19.1 Å². The molecule has 1 aromatic carbocycles. The molecule has 0 aromatic heterocycles. The Morgan fingerprint density at radius 3 is 2.52 bits per heavy atom. The molecule has 1 atom stereocenters. The van der Waals surface area contributed by atoms with Gasteiger partial charge < -0.3 is 14.7 Å². The number of likely N-dealkylation sites (N-methyl/N-ethyl adjacent to an activating group) is 1. The number of hydrogen-bond donors (Lipinski definition) is 1. The fourth-order valence-corrected chi connectivity index (χ4v) is 2.83. The van der Waals surface area contributed by atoms with Crippen molar-refractivity contribution >= 4 is 11.6 Å². The predicted octanol–water partition coefficient (Wildman–Crippen LogP) is 2.03. The molecule has 0 radical (unpaired) electrons. The summed E-state index contributed by atoms with van der Waals surface area (Å²) in [7, 11) is 0. The Labute approximate surface area is 132 Å². The van der Waals surface area contributed by atoms with Gasteiger partial charge in [0.25, 0.3) is 0 Å². The van der Waals surface area contributed by atoms with Crippen molar-refractivity contribution in [1.29, 1.82) is 0 Å². The molecule has 4 nitrogen and oxygen atoms in total. The largest absolute Gasteiger partial charge is 0.491 e. The van der Waals surface area contributed by atoms with Crippen molar-refractivity contribution in [3.05, 3.63) is 28.8 Å². The summed E-state index contributed by atoms with van der Waals surface area (Å²) in [5.74, 6) is 0.786. The van der Waals surface area contributed by atoms with Crippen molar-refractivity contribution in [1.82, 2.24) is 9.80 Å². The van der Waals surface area contributed by atoms with Gasteiger partial charge in [-0.05, 0) is 37.2 Å². The number of hydrogen-bond acceptors (Lipinski definition) is 4. The summed E-state index contributed by atoms with van der Waals surface area (Å²) >= 11 is 5.92. The fourth-order valence-electron chi connectivity index (χ4n) is 2.60. The van der Waals surface area contributed by atoms with Crippen LogP contribution in [0.3, 0.4) is 0 Å². The maximum absolute atomic E-state index is 10.1. The lowest BCUT2D eigenvalue weighted by molar-refractivity contribution is 0.0469. The Kier molecular flexibility index (Phi) is 6.30. The lowest BCUT2D eigenvalue weighted by Gasteiger charge is -2.34. The number of halogens is 1. The predicted molar refractivity (Wildman–Crippen MR) is 86.2 cm³/mol. The molecule has 0 amide bonds. The molecule has 1 fully saturated rings. The zero-order chi connectivity index (χ0) is 15.2. The van der Waals surface area contributed by atoms with Crippen LogP contribution in [0.15, 0.2) is 18.2 Å². The van der Waals surface area contributed by atoms with E-state index in [9.17, 15) is 5.11 Å². The van der Waals surface area contributed by atoms with Crippen LogP contribution in [0.1, 0.15) is 12.5 Å². The number of rotatable bonds is 6. The highest BCUT2D eigenvalue weighted by Gasteiger charge is 2.18. The normalized spacial score (nSPS) is 18.7. The van der Waals surface area contributed by atoms with Crippen molar-refractivity contribution in [3.8, 4) is 5.75 Å². The minimum Gasteiger partial charge on any atom is -0.491 e. The first-order valence-electron chi connectivity index (χ1n) is 7.60. The third-order valence-electron chi connectivity index (χ3n) is 3.95. The third kappa shape index (κ3) is 5.15. The first kappa shape index (κ1) is 16.6. The molecule has 21 heavy (non-hydrogen) atoms. The lowest BCUT2D eigenvalue weighted by Crippen LogP contribution is -2.49. The molecule has 1 aliphatic heterocycles. The zero-order valence-corrected chi connectivity index (χ0v) is 13.6. The van der Waals surface area contributed by atoms with Crippen LogP contribution >= 0.6 is 11.6 Å². The molecule has 0 spiro atoms. The molecule has 1 unspecified atom stereocenters. The monoisotopic (exact) mass is 312 g/mol. The molecule has 1 saturated heterocycles. The van der Waals surface area contributed by atoms with E-state index in [-0.39, 0.29) is 0 Å². The summed E-state index contributed by atoms with van der Waals surface area (Å²) < 4.78 is 5.69. The van der Waals surface area contributed by atoms with Crippen LogP contribution in [0.5, 0.6) is 5.75 Å². The molecule has 118 valence electrons. The highest BCUT2D eigenvalue weighted by molar-refractivity contribution is 6.30. The molecule has 0 saturated carbocycles. The molecule has 1 aliphatic rings. The minimum atomic E-state index is -0.465. The van der Waals surface area contributed by atoms with Crippen LogP contribution < -0.4 is 4.74 Å². The second-order valence-electron chi connectivity index (χ2n) is 5.61. The molecule has 0 aliphatic carbocycles. The van der Waals surface area contributed by atoms with Gasteiger partial charge in [0.05, 0.1) is 0 Å². The molecular formula is C16H25ClN2O2. The minimum absolute atomic E-state index is 0.316. The molecular weight excluding hydrogens is 288 g/mol. The molecule has 1 aromatic rings. The number of β-amino-alcohol motifs (C(OH)–C–C–N with tert-alkyl or cyclic N) is 1. The van der Waals surface area contributed by atoms with Crippen LogP contribution in [-0.4, -0.2) is 66.9 Å². The summed E-state index contributed by atoms with van der Waals surface area (Å²) in [5.41, 5.74) is 0.992. The Morgan fingerprint density at radius 2 is 1.90 bits per heavy atom. The summed E-state index contributed by atoms with van der Waals surface area (Å²) in [4.78, 5) is 4.73. The molecule has 0 bridgehead atoms. The maximum atomic E-state index is 10.1. The average molecular weight is 313 g/mol. The van der Waals surface area contributed by atoms with Crippen molar-refractivity contribution < 1.29 is 9.84 Å². The van der Waals surface area contributed by atoms with Crippen LogP contribution in [0.4, 0.5) is 0 Å². The standard InChI is InChI=1S/C16H25ClN2O2/c1-3-18-6-8-19(9-7-18)11-15(20)12-21-16-5-4-14(17)10-13(16)2/h4-5,10,15,20H,3,6-9,11-12H2,1-2H3. The SMILES string of the molecule is CCN1CCN(CC(O)COc2ccc(Cl)cc2C)CC1. The third-order valence-corrected chi connectivity index (χ3v) is 4.18.